The third-order valence-electron chi connectivity index (χ3n) is 4.07. The SMILES string of the molecule is CCCC(O)CC1CCC2SCCC2C1. The molecule has 1 saturated heterocycles. The van der Waals surface area contributed by atoms with Crippen LogP contribution in [-0.4, -0.2) is 22.2 Å². The first-order valence-corrected chi connectivity index (χ1v) is 7.64. The summed E-state index contributed by atoms with van der Waals surface area (Å²) in [5.74, 6) is 3.20. The second-order valence-electron chi connectivity index (χ2n) is 5.32. The monoisotopic (exact) mass is 228 g/mol. The van der Waals surface area contributed by atoms with Gasteiger partial charge in [-0.15, -0.1) is 0 Å². The van der Waals surface area contributed by atoms with Crippen molar-refractivity contribution in [2.75, 3.05) is 5.75 Å². The van der Waals surface area contributed by atoms with Gasteiger partial charge in [0.1, 0.15) is 0 Å². The number of rotatable bonds is 4. The van der Waals surface area contributed by atoms with Gasteiger partial charge in [0.05, 0.1) is 6.10 Å². The summed E-state index contributed by atoms with van der Waals surface area (Å²) >= 11 is 2.19. The van der Waals surface area contributed by atoms with E-state index in [2.05, 4.69) is 18.7 Å². The largest absolute Gasteiger partial charge is 0.393 e. The average Bonchev–Trinajstić information content (AvgIpc) is 2.65. The van der Waals surface area contributed by atoms with Crippen molar-refractivity contribution in [3.63, 3.8) is 0 Å². The van der Waals surface area contributed by atoms with Crippen LogP contribution < -0.4 is 0 Å². The molecule has 0 spiro atoms. The summed E-state index contributed by atoms with van der Waals surface area (Å²) in [5, 5.41) is 10.8. The van der Waals surface area contributed by atoms with Crippen LogP contribution >= 0.6 is 11.8 Å². The summed E-state index contributed by atoms with van der Waals surface area (Å²) in [7, 11) is 0. The van der Waals surface area contributed by atoms with Gasteiger partial charge in [-0.2, -0.15) is 11.8 Å². The van der Waals surface area contributed by atoms with Crippen LogP contribution in [0.3, 0.4) is 0 Å². The van der Waals surface area contributed by atoms with Crippen LogP contribution in [0.25, 0.3) is 0 Å². The fourth-order valence-electron chi connectivity index (χ4n) is 3.28. The lowest BCUT2D eigenvalue weighted by molar-refractivity contribution is 0.113. The minimum atomic E-state index is -0.0226. The maximum atomic E-state index is 9.84. The Kier molecular flexibility index (Phi) is 4.39. The van der Waals surface area contributed by atoms with Gasteiger partial charge in [0, 0.05) is 5.25 Å². The van der Waals surface area contributed by atoms with Crippen molar-refractivity contribution in [1.82, 2.24) is 0 Å². The smallest absolute Gasteiger partial charge is 0.0542 e. The first-order chi connectivity index (χ1) is 7.29. The maximum Gasteiger partial charge on any atom is 0.0542 e. The second-order valence-corrected chi connectivity index (χ2v) is 6.66. The van der Waals surface area contributed by atoms with Gasteiger partial charge in [0.25, 0.3) is 0 Å². The standard InChI is InChI=1S/C13H24OS/c1-2-3-12(14)9-10-4-5-13-11(8-10)6-7-15-13/h10-14H,2-9H2,1H3. The van der Waals surface area contributed by atoms with E-state index in [-0.39, 0.29) is 6.10 Å². The molecule has 1 N–H and O–H groups in total. The topological polar surface area (TPSA) is 20.2 Å². The summed E-state index contributed by atoms with van der Waals surface area (Å²) in [6, 6.07) is 0. The highest BCUT2D eigenvalue weighted by molar-refractivity contribution is 8.00. The number of aliphatic hydroxyl groups is 1. The molecule has 0 aromatic carbocycles. The zero-order chi connectivity index (χ0) is 10.7. The van der Waals surface area contributed by atoms with Crippen LogP contribution in [0, 0.1) is 11.8 Å². The van der Waals surface area contributed by atoms with Crippen molar-refractivity contribution in [3.05, 3.63) is 0 Å². The molecule has 1 nitrogen and oxygen atoms in total. The zero-order valence-electron chi connectivity index (χ0n) is 9.82. The van der Waals surface area contributed by atoms with E-state index in [4.69, 9.17) is 0 Å². The van der Waals surface area contributed by atoms with Crippen LogP contribution in [0.5, 0.6) is 0 Å². The first-order valence-electron chi connectivity index (χ1n) is 6.59. The Morgan fingerprint density at radius 2 is 2.20 bits per heavy atom. The van der Waals surface area contributed by atoms with Crippen molar-refractivity contribution >= 4 is 11.8 Å². The molecule has 0 bridgehead atoms. The van der Waals surface area contributed by atoms with Crippen molar-refractivity contribution in [2.24, 2.45) is 11.8 Å². The minimum Gasteiger partial charge on any atom is -0.393 e. The van der Waals surface area contributed by atoms with Gasteiger partial charge in [-0.3, -0.25) is 0 Å². The molecule has 1 heterocycles. The zero-order valence-corrected chi connectivity index (χ0v) is 10.6. The van der Waals surface area contributed by atoms with E-state index in [1.165, 1.54) is 31.4 Å². The minimum absolute atomic E-state index is 0.0226. The molecule has 2 rings (SSSR count). The quantitative estimate of drug-likeness (QED) is 0.795. The Hall–Kier alpha value is 0.310. The Morgan fingerprint density at radius 1 is 1.33 bits per heavy atom. The molecule has 2 heteroatoms. The third-order valence-corrected chi connectivity index (χ3v) is 5.59. The second kappa shape index (κ2) is 5.58. The van der Waals surface area contributed by atoms with Crippen LogP contribution in [0.1, 0.15) is 51.9 Å². The van der Waals surface area contributed by atoms with E-state index in [0.29, 0.717) is 0 Å². The molecule has 2 fully saturated rings. The molecular formula is C13H24OS. The van der Waals surface area contributed by atoms with Gasteiger partial charge in [0.2, 0.25) is 0 Å². The van der Waals surface area contributed by atoms with Gasteiger partial charge in [-0.05, 0) is 56.1 Å². The lowest BCUT2D eigenvalue weighted by atomic mass is 9.77. The Bertz CT molecular complexity index is 195. The Morgan fingerprint density at radius 3 is 3.00 bits per heavy atom. The molecule has 0 aromatic rings. The summed E-state index contributed by atoms with van der Waals surface area (Å²) < 4.78 is 0. The van der Waals surface area contributed by atoms with Crippen molar-refractivity contribution in [2.45, 2.75) is 63.2 Å². The lowest BCUT2D eigenvalue weighted by Crippen LogP contribution is -2.26. The van der Waals surface area contributed by atoms with E-state index in [0.717, 1.165) is 36.3 Å². The van der Waals surface area contributed by atoms with Gasteiger partial charge in [0.15, 0.2) is 0 Å². The summed E-state index contributed by atoms with van der Waals surface area (Å²) in [5.41, 5.74) is 0. The van der Waals surface area contributed by atoms with E-state index in [1.54, 1.807) is 0 Å². The fourth-order valence-corrected chi connectivity index (χ4v) is 4.84. The predicted molar refractivity (Wildman–Crippen MR) is 67.2 cm³/mol. The van der Waals surface area contributed by atoms with Gasteiger partial charge >= 0.3 is 0 Å². The molecule has 2 aliphatic rings. The number of thioether (sulfide) groups is 1. The van der Waals surface area contributed by atoms with E-state index in [9.17, 15) is 5.11 Å². The summed E-state index contributed by atoms with van der Waals surface area (Å²) in [6.07, 6.45) is 8.80. The highest BCUT2D eigenvalue weighted by Gasteiger charge is 2.34. The van der Waals surface area contributed by atoms with Crippen molar-refractivity contribution in [3.8, 4) is 0 Å². The number of hydrogen-bond donors (Lipinski definition) is 1. The van der Waals surface area contributed by atoms with E-state index in [1.807, 2.05) is 0 Å². The third kappa shape index (κ3) is 3.13. The molecule has 1 aliphatic heterocycles. The molecule has 4 atom stereocenters. The average molecular weight is 228 g/mol. The molecule has 0 radical (unpaired) electrons. The van der Waals surface area contributed by atoms with Crippen LogP contribution in [0.2, 0.25) is 0 Å². The van der Waals surface area contributed by atoms with Crippen LogP contribution in [-0.2, 0) is 0 Å². The molecule has 0 amide bonds. The lowest BCUT2D eigenvalue weighted by Gasteiger charge is -2.32. The van der Waals surface area contributed by atoms with E-state index >= 15 is 0 Å². The van der Waals surface area contributed by atoms with Gasteiger partial charge in [-0.1, -0.05) is 13.3 Å². The number of hydrogen-bond acceptors (Lipinski definition) is 2. The molecule has 15 heavy (non-hydrogen) atoms. The predicted octanol–water partition coefficient (Wildman–Crippen LogP) is 3.46. The molecule has 1 saturated carbocycles. The summed E-state index contributed by atoms with van der Waals surface area (Å²) in [4.78, 5) is 0. The molecule has 4 unspecified atom stereocenters. The molecular weight excluding hydrogens is 204 g/mol. The normalized spacial score (nSPS) is 37.6. The highest BCUT2D eigenvalue weighted by atomic mass is 32.2. The van der Waals surface area contributed by atoms with Crippen molar-refractivity contribution < 1.29 is 5.11 Å². The van der Waals surface area contributed by atoms with Gasteiger partial charge < -0.3 is 5.11 Å². The van der Waals surface area contributed by atoms with E-state index < -0.39 is 0 Å². The highest BCUT2D eigenvalue weighted by Crippen LogP contribution is 2.45. The molecule has 88 valence electrons. The Labute approximate surface area is 98.0 Å². The molecule has 0 aromatic heterocycles. The van der Waals surface area contributed by atoms with Gasteiger partial charge in [-0.25, -0.2) is 0 Å². The fraction of sp³-hybridized carbons (Fsp3) is 1.00. The number of aliphatic hydroxyl groups excluding tert-OH is 1. The van der Waals surface area contributed by atoms with Crippen molar-refractivity contribution in [1.29, 1.82) is 0 Å². The first kappa shape index (κ1) is 11.8. The molecule has 1 aliphatic carbocycles. The Balaban J connectivity index is 1.75. The number of fused-ring (bicyclic) bond motifs is 1. The maximum absolute atomic E-state index is 9.84. The summed E-state index contributed by atoms with van der Waals surface area (Å²) in [6.45, 7) is 2.16. The van der Waals surface area contributed by atoms with Crippen LogP contribution in [0.15, 0.2) is 0 Å². The van der Waals surface area contributed by atoms with Crippen LogP contribution in [0.4, 0.5) is 0 Å².